The van der Waals surface area contributed by atoms with Gasteiger partial charge in [0.25, 0.3) is 0 Å². The van der Waals surface area contributed by atoms with Crippen LogP contribution in [0.5, 0.6) is 0 Å². The van der Waals surface area contributed by atoms with Gasteiger partial charge in [-0.2, -0.15) is 5.10 Å². The molecule has 1 aliphatic heterocycles. The van der Waals surface area contributed by atoms with E-state index in [0.29, 0.717) is 19.5 Å². The quantitative estimate of drug-likeness (QED) is 0.699. The Hall–Kier alpha value is -2.05. The maximum atomic E-state index is 11.8. The number of likely N-dealkylation sites (tertiary alicyclic amines) is 1. The first-order valence-electron chi connectivity index (χ1n) is 5.43. The Morgan fingerprint density at radius 1 is 1.65 bits per heavy atom. The third-order valence-electron chi connectivity index (χ3n) is 2.80. The normalized spacial score (nSPS) is 19.3. The molecule has 0 aliphatic carbocycles. The number of carbonyl (C=O) groups is 2. The zero-order valence-electron chi connectivity index (χ0n) is 9.22. The molecule has 0 unspecified atom stereocenters. The number of aromatic amines is 1. The van der Waals surface area contributed by atoms with Gasteiger partial charge in [-0.25, -0.2) is 9.59 Å². The summed E-state index contributed by atoms with van der Waals surface area (Å²) in [6.07, 6.45) is 4.54. The smallest absolute Gasteiger partial charge is 0.326 e. The minimum absolute atomic E-state index is 0.337. The van der Waals surface area contributed by atoms with Crippen LogP contribution in [0.15, 0.2) is 12.4 Å². The zero-order valence-corrected chi connectivity index (χ0v) is 9.22. The fraction of sp³-hybridized carbons (Fsp3) is 0.500. The predicted octanol–water partition coefficient (Wildman–Crippen LogP) is 0.168. The Balaban J connectivity index is 1.89. The van der Waals surface area contributed by atoms with Gasteiger partial charge in [-0.1, -0.05) is 0 Å². The van der Waals surface area contributed by atoms with E-state index >= 15 is 0 Å². The van der Waals surface area contributed by atoms with Crippen LogP contribution in [0, 0.1) is 0 Å². The molecule has 1 aromatic rings. The fourth-order valence-corrected chi connectivity index (χ4v) is 1.92. The van der Waals surface area contributed by atoms with Crippen LogP contribution >= 0.6 is 0 Å². The molecule has 7 nitrogen and oxygen atoms in total. The van der Waals surface area contributed by atoms with Crippen molar-refractivity contribution in [3.8, 4) is 0 Å². The van der Waals surface area contributed by atoms with Crippen LogP contribution in [0.3, 0.4) is 0 Å². The number of H-pyrrole nitrogens is 1. The predicted molar refractivity (Wildman–Crippen MR) is 58.2 cm³/mol. The molecule has 0 saturated carbocycles. The van der Waals surface area contributed by atoms with Crippen molar-refractivity contribution in [2.24, 2.45) is 0 Å². The van der Waals surface area contributed by atoms with E-state index in [1.54, 1.807) is 12.4 Å². The van der Waals surface area contributed by atoms with Crippen molar-refractivity contribution in [3.05, 3.63) is 18.0 Å². The van der Waals surface area contributed by atoms with E-state index in [1.807, 2.05) is 0 Å². The third kappa shape index (κ3) is 2.55. The number of rotatable bonds is 3. The van der Waals surface area contributed by atoms with E-state index < -0.39 is 12.0 Å². The maximum Gasteiger partial charge on any atom is 0.326 e. The van der Waals surface area contributed by atoms with Crippen molar-refractivity contribution in [3.63, 3.8) is 0 Å². The van der Waals surface area contributed by atoms with Crippen molar-refractivity contribution < 1.29 is 14.7 Å². The van der Waals surface area contributed by atoms with Gasteiger partial charge < -0.3 is 15.3 Å². The summed E-state index contributed by atoms with van der Waals surface area (Å²) in [6.45, 7) is 0.840. The Morgan fingerprint density at radius 2 is 2.47 bits per heavy atom. The van der Waals surface area contributed by atoms with Crippen molar-refractivity contribution in [1.29, 1.82) is 0 Å². The molecule has 3 N–H and O–H groups in total. The lowest BCUT2D eigenvalue weighted by Gasteiger charge is -2.21. The lowest BCUT2D eigenvalue weighted by Crippen LogP contribution is -2.45. The Morgan fingerprint density at radius 3 is 3.12 bits per heavy atom. The van der Waals surface area contributed by atoms with Crippen LogP contribution in [0.25, 0.3) is 0 Å². The lowest BCUT2D eigenvalue weighted by molar-refractivity contribution is -0.141. The molecule has 17 heavy (non-hydrogen) atoms. The van der Waals surface area contributed by atoms with Gasteiger partial charge in [0, 0.05) is 24.8 Å². The summed E-state index contributed by atoms with van der Waals surface area (Å²) in [5.41, 5.74) is 0.851. The van der Waals surface area contributed by atoms with Gasteiger partial charge in [0.2, 0.25) is 0 Å². The first kappa shape index (κ1) is 11.4. The van der Waals surface area contributed by atoms with Gasteiger partial charge in [0.15, 0.2) is 0 Å². The molecule has 1 aliphatic rings. The number of amides is 2. The largest absolute Gasteiger partial charge is 0.480 e. The summed E-state index contributed by atoms with van der Waals surface area (Å²) in [5.74, 6) is -0.944. The Labute approximate surface area is 97.8 Å². The molecule has 1 saturated heterocycles. The van der Waals surface area contributed by atoms with Gasteiger partial charge in [-0.15, -0.1) is 0 Å². The summed E-state index contributed by atoms with van der Waals surface area (Å²) >= 11 is 0. The number of aromatic nitrogens is 2. The lowest BCUT2D eigenvalue weighted by atomic mass is 10.2. The van der Waals surface area contributed by atoms with Crippen LogP contribution in [0.4, 0.5) is 4.79 Å². The highest BCUT2D eigenvalue weighted by atomic mass is 16.4. The molecule has 7 heteroatoms. The van der Waals surface area contributed by atoms with Crippen LogP contribution < -0.4 is 5.32 Å². The highest BCUT2D eigenvalue weighted by Gasteiger charge is 2.33. The van der Waals surface area contributed by atoms with Gasteiger partial charge >= 0.3 is 12.0 Å². The fourth-order valence-electron chi connectivity index (χ4n) is 1.92. The molecule has 92 valence electrons. The molecule has 2 heterocycles. The molecule has 2 amide bonds. The van der Waals surface area contributed by atoms with Crippen LogP contribution in [-0.2, 0) is 11.3 Å². The van der Waals surface area contributed by atoms with Crippen LogP contribution in [0.1, 0.15) is 18.4 Å². The van der Waals surface area contributed by atoms with Gasteiger partial charge in [-0.3, -0.25) is 5.10 Å². The monoisotopic (exact) mass is 238 g/mol. The van der Waals surface area contributed by atoms with Gasteiger partial charge in [0.05, 0.1) is 6.20 Å². The summed E-state index contributed by atoms with van der Waals surface area (Å²) in [4.78, 5) is 24.1. The van der Waals surface area contributed by atoms with Crippen molar-refractivity contribution in [1.82, 2.24) is 20.4 Å². The first-order valence-corrected chi connectivity index (χ1v) is 5.43. The summed E-state index contributed by atoms with van der Waals surface area (Å²) in [7, 11) is 0. The van der Waals surface area contributed by atoms with E-state index in [2.05, 4.69) is 15.5 Å². The molecule has 0 aromatic carbocycles. The highest BCUT2D eigenvalue weighted by Crippen LogP contribution is 2.17. The van der Waals surface area contributed by atoms with E-state index in [9.17, 15) is 9.59 Å². The number of hydrogen-bond acceptors (Lipinski definition) is 3. The minimum Gasteiger partial charge on any atom is -0.480 e. The molecule has 2 rings (SSSR count). The molecular weight excluding hydrogens is 224 g/mol. The summed E-state index contributed by atoms with van der Waals surface area (Å²) in [5, 5.41) is 18.0. The molecular formula is C10H14N4O3. The van der Waals surface area contributed by atoms with Gasteiger partial charge in [0.1, 0.15) is 6.04 Å². The zero-order chi connectivity index (χ0) is 12.3. The highest BCUT2D eigenvalue weighted by molar-refractivity contribution is 5.83. The second-order valence-electron chi connectivity index (χ2n) is 3.95. The number of aliphatic carboxylic acids is 1. The van der Waals surface area contributed by atoms with Crippen molar-refractivity contribution in [2.75, 3.05) is 6.54 Å². The standard InChI is InChI=1S/C10H14N4O3/c15-9(16)8-2-1-3-14(8)10(17)11-4-7-5-12-13-6-7/h5-6,8H,1-4H2,(H,11,17)(H,12,13)(H,15,16)/t8-/m0/s1. The maximum absolute atomic E-state index is 11.8. The number of carboxylic acid groups (broad SMARTS) is 1. The minimum atomic E-state index is -0.944. The third-order valence-corrected chi connectivity index (χ3v) is 2.80. The second kappa shape index (κ2) is 4.86. The van der Waals surface area contributed by atoms with Crippen molar-refractivity contribution >= 4 is 12.0 Å². The van der Waals surface area contributed by atoms with Crippen LogP contribution in [-0.4, -0.2) is 44.8 Å². The molecule has 1 aromatic heterocycles. The molecule has 1 atom stereocenters. The van der Waals surface area contributed by atoms with E-state index in [-0.39, 0.29) is 6.03 Å². The van der Waals surface area contributed by atoms with E-state index in [0.717, 1.165) is 12.0 Å². The topological polar surface area (TPSA) is 98.3 Å². The molecule has 0 bridgehead atoms. The average Bonchev–Trinajstić information content (AvgIpc) is 2.96. The average molecular weight is 238 g/mol. The van der Waals surface area contributed by atoms with E-state index in [4.69, 9.17) is 5.11 Å². The number of nitrogens with one attached hydrogen (secondary N) is 2. The number of carbonyl (C=O) groups excluding carboxylic acids is 1. The summed E-state index contributed by atoms with van der Waals surface area (Å²) in [6, 6.07) is -1.03. The second-order valence-corrected chi connectivity index (χ2v) is 3.95. The SMILES string of the molecule is O=C(O)[C@@H]1CCCN1C(=O)NCc1cn[nH]c1. The molecule has 1 fully saturated rings. The summed E-state index contributed by atoms with van der Waals surface area (Å²) < 4.78 is 0. The van der Waals surface area contributed by atoms with E-state index in [1.165, 1.54) is 4.90 Å². The number of carboxylic acids is 1. The van der Waals surface area contributed by atoms with Crippen LogP contribution in [0.2, 0.25) is 0 Å². The molecule has 0 radical (unpaired) electrons. The molecule has 0 spiro atoms. The first-order chi connectivity index (χ1) is 8.18. The Bertz CT molecular complexity index is 404. The number of hydrogen-bond donors (Lipinski definition) is 3. The van der Waals surface area contributed by atoms with Gasteiger partial charge in [-0.05, 0) is 12.8 Å². The number of nitrogens with zero attached hydrogens (tertiary/aromatic N) is 2. The number of urea groups is 1. The van der Waals surface area contributed by atoms with Crippen molar-refractivity contribution in [2.45, 2.75) is 25.4 Å². The Kier molecular flexibility index (Phi) is 3.27.